The molecule has 0 atom stereocenters. The lowest BCUT2D eigenvalue weighted by molar-refractivity contribution is -0.305. The zero-order valence-electron chi connectivity index (χ0n) is 11.7. The van der Waals surface area contributed by atoms with Gasteiger partial charge in [0.25, 0.3) is 0 Å². The molecule has 0 bridgehead atoms. The molecule has 1 N–H and O–H groups in total. The average molecular weight is 306 g/mol. The Balaban J connectivity index is 2.08. The maximum Gasteiger partial charge on any atom is 0.208 e. The van der Waals surface area contributed by atoms with Crippen LogP contribution in [0.2, 0.25) is 0 Å². The van der Waals surface area contributed by atoms with Crippen LogP contribution in [0, 0.1) is 0 Å². The second-order valence-corrected chi connectivity index (χ2v) is 5.34. The molecule has 21 heavy (non-hydrogen) atoms. The Morgan fingerprint density at radius 2 is 2.24 bits per heavy atom. The molecule has 1 heterocycles. The van der Waals surface area contributed by atoms with Gasteiger partial charge in [-0.25, -0.2) is 4.98 Å². The van der Waals surface area contributed by atoms with E-state index in [1.54, 1.807) is 0 Å². The predicted molar refractivity (Wildman–Crippen MR) is 78.0 cm³/mol. The quantitative estimate of drug-likeness (QED) is 0.743. The molecule has 0 aliphatic carbocycles. The third-order valence-corrected chi connectivity index (χ3v) is 3.46. The van der Waals surface area contributed by atoms with Crippen LogP contribution in [0.25, 0.3) is 11.4 Å². The summed E-state index contributed by atoms with van der Waals surface area (Å²) < 4.78 is 5.68. The number of ether oxygens (including phenoxy) is 1. The normalized spacial score (nSPS) is 10.5. The lowest BCUT2D eigenvalue weighted by Crippen LogP contribution is -2.22. The molecule has 0 aliphatic rings. The van der Waals surface area contributed by atoms with Crippen LogP contribution in [0.3, 0.4) is 0 Å². The zero-order valence-corrected chi connectivity index (χ0v) is 12.5. The van der Waals surface area contributed by atoms with Gasteiger partial charge in [-0.05, 0) is 25.0 Å². The fourth-order valence-corrected chi connectivity index (χ4v) is 2.37. The molecule has 0 amide bonds. The van der Waals surface area contributed by atoms with E-state index in [0.29, 0.717) is 23.3 Å². The number of aliphatic carboxylic acids is 1. The summed E-state index contributed by atoms with van der Waals surface area (Å²) in [5.41, 5.74) is 0.838. The molecule has 0 saturated carbocycles. The SMILES string of the molecule is CCCOc1ccccc1-c1nc(SCCC(=O)[O-])n[nH]1. The molecule has 0 unspecified atom stereocenters. The van der Waals surface area contributed by atoms with Gasteiger partial charge in [-0.15, -0.1) is 5.10 Å². The largest absolute Gasteiger partial charge is 0.550 e. The maximum atomic E-state index is 10.4. The first-order valence-electron chi connectivity index (χ1n) is 6.68. The van der Waals surface area contributed by atoms with Gasteiger partial charge >= 0.3 is 0 Å². The van der Waals surface area contributed by atoms with E-state index in [0.717, 1.165) is 17.7 Å². The number of nitrogens with one attached hydrogen (secondary N) is 1. The van der Waals surface area contributed by atoms with Crippen LogP contribution in [0.1, 0.15) is 19.8 Å². The molecule has 1 aromatic carbocycles. The average Bonchev–Trinajstić information content (AvgIpc) is 2.93. The van der Waals surface area contributed by atoms with E-state index in [4.69, 9.17) is 4.74 Å². The number of para-hydroxylation sites is 1. The van der Waals surface area contributed by atoms with E-state index < -0.39 is 5.97 Å². The molecule has 0 fully saturated rings. The highest BCUT2D eigenvalue weighted by Gasteiger charge is 2.11. The van der Waals surface area contributed by atoms with E-state index >= 15 is 0 Å². The van der Waals surface area contributed by atoms with Crippen LogP contribution in [0.15, 0.2) is 29.4 Å². The van der Waals surface area contributed by atoms with E-state index in [1.165, 1.54) is 11.8 Å². The van der Waals surface area contributed by atoms with E-state index in [2.05, 4.69) is 15.2 Å². The second-order valence-electron chi connectivity index (χ2n) is 4.28. The molecular formula is C14H16N3O3S-. The second kappa shape index (κ2) is 7.68. The molecule has 0 aliphatic heterocycles. The molecule has 0 saturated heterocycles. The summed E-state index contributed by atoms with van der Waals surface area (Å²) in [5.74, 6) is 0.671. The van der Waals surface area contributed by atoms with Crippen LogP contribution in [0.4, 0.5) is 0 Å². The van der Waals surface area contributed by atoms with Gasteiger partial charge in [0.05, 0.1) is 12.2 Å². The minimum Gasteiger partial charge on any atom is -0.550 e. The fourth-order valence-electron chi connectivity index (χ4n) is 1.66. The number of H-pyrrole nitrogens is 1. The van der Waals surface area contributed by atoms with Crippen molar-refractivity contribution in [1.82, 2.24) is 15.2 Å². The number of hydrogen-bond donors (Lipinski definition) is 1. The van der Waals surface area contributed by atoms with Crippen LogP contribution in [-0.4, -0.2) is 33.5 Å². The Morgan fingerprint density at radius 3 is 3.00 bits per heavy atom. The van der Waals surface area contributed by atoms with Gasteiger partial charge in [-0.1, -0.05) is 30.8 Å². The van der Waals surface area contributed by atoms with Gasteiger partial charge in [0.1, 0.15) is 5.75 Å². The number of thioether (sulfide) groups is 1. The number of hydrogen-bond acceptors (Lipinski definition) is 6. The first kappa shape index (κ1) is 15.4. The zero-order chi connectivity index (χ0) is 15.1. The third-order valence-electron chi connectivity index (χ3n) is 2.61. The lowest BCUT2D eigenvalue weighted by atomic mass is 10.2. The molecule has 1 aromatic heterocycles. The molecule has 0 radical (unpaired) electrons. The van der Waals surface area contributed by atoms with Gasteiger partial charge in [0.15, 0.2) is 5.82 Å². The highest BCUT2D eigenvalue weighted by atomic mass is 32.2. The number of aromatic nitrogens is 3. The summed E-state index contributed by atoms with van der Waals surface area (Å²) in [5, 5.41) is 17.8. The van der Waals surface area contributed by atoms with Gasteiger partial charge in [0, 0.05) is 11.7 Å². The van der Waals surface area contributed by atoms with Crippen molar-refractivity contribution in [3.8, 4) is 17.1 Å². The third kappa shape index (κ3) is 4.49. The van der Waals surface area contributed by atoms with Crippen molar-refractivity contribution in [3.05, 3.63) is 24.3 Å². The monoisotopic (exact) mass is 306 g/mol. The Hall–Kier alpha value is -2.02. The Labute approximate surface area is 126 Å². The Morgan fingerprint density at radius 1 is 1.43 bits per heavy atom. The molecule has 2 rings (SSSR count). The Bertz CT molecular complexity index is 601. The molecule has 112 valence electrons. The summed E-state index contributed by atoms with van der Waals surface area (Å²) >= 11 is 1.27. The summed E-state index contributed by atoms with van der Waals surface area (Å²) in [6, 6.07) is 7.59. The van der Waals surface area contributed by atoms with Crippen molar-refractivity contribution >= 4 is 17.7 Å². The van der Waals surface area contributed by atoms with Crippen molar-refractivity contribution in [3.63, 3.8) is 0 Å². The van der Waals surface area contributed by atoms with Gasteiger partial charge in [-0.3, -0.25) is 5.10 Å². The smallest absolute Gasteiger partial charge is 0.208 e. The predicted octanol–water partition coefficient (Wildman–Crippen LogP) is 1.49. The minimum atomic E-state index is -1.07. The topological polar surface area (TPSA) is 90.9 Å². The first-order chi connectivity index (χ1) is 10.2. The summed E-state index contributed by atoms with van der Waals surface area (Å²) in [4.78, 5) is 14.7. The highest BCUT2D eigenvalue weighted by molar-refractivity contribution is 7.99. The van der Waals surface area contributed by atoms with Crippen LogP contribution in [-0.2, 0) is 4.79 Å². The van der Waals surface area contributed by atoms with Crippen molar-refractivity contribution in [2.45, 2.75) is 24.9 Å². The van der Waals surface area contributed by atoms with E-state index in [1.807, 2.05) is 31.2 Å². The number of rotatable bonds is 8. The number of carboxylic acids is 1. The number of aromatic amines is 1. The van der Waals surface area contributed by atoms with Gasteiger partial charge < -0.3 is 14.6 Å². The number of carbonyl (C=O) groups excluding carboxylic acids is 1. The van der Waals surface area contributed by atoms with Crippen LogP contribution in [0.5, 0.6) is 5.75 Å². The standard InChI is InChI=1S/C14H17N3O3S/c1-2-8-20-11-6-4-3-5-10(11)13-15-14(17-16-13)21-9-7-12(18)19/h3-6H,2,7-9H2,1H3,(H,18,19)(H,15,16,17)/p-1. The first-order valence-corrected chi connectivity index (χ1v) is 7.66. The van der Waals surface area contributed by atoms with Gasteiger partial charge in [-0.2, -0.15) is 0 Å². The maximum absolute atomic E-state index is 10.4. The van der Waals surface area contributed by atoms with Crippen molar-refractivity contribution in [2.24, 2.45) is 0 Å². The number of nitrogens with zero attached hydrogens (tertiary/aromatic N) is 2. The number of carbonyl (C=O) groups is 1. The van der Waals surface area contributed by atoms with Gasteiger partial charge in [0.2, 0.25) is 5.16 Å². The van der Waals surface area contributed by atoms with Crippen molar-refractivity contribution in [1.29, 1.82) is 0 Å². The molecular weight excluding hydrogens is 290 g/mol. The summed E-state index contributed by atoms with van der Waals surface area (Å²) in [6.07, 6.45) is 0.903. The molecule has 2 aromatic rings. The van der Waals surface area contributed by atoms with Crippen LogP contribution >= 0.6 is 11.8 Å². The number of benzene rings is 1. The fraction of sp³-hybridized carbons (Fsp3) is 0.357. The lowest BCUT2D eigenvalue weighted by Gasteiger charge is -2.08. The summed E-state index contributed by atoms with van der Waals surface area (Å²) in [7, 11) is 0. The highest BCUT2D eigenvalue weighted by Crippen LogP contribution is 2.28. The van der Waals surface area contributed by atoms with Crippen molar-refractivity contribution in [2.75, 3.05) is 12.4 Å². The van der Waals surface area contributed by atoms with E-state index in [9.17, 15) is 9.90 Å². The van der Waals surface area contributed by atoms with Crippen molar-refractivity contribution < 1.29 is 14.6 Å². The Kier molecular flexibility index (Phi) is 5.62. The molecule has 7 heteroatoms. The van der Waals surface area contributed by atoms with Crippen LogP contribution < -0.4 is 9.84 Å². The molecule has 0 spiro atoms. The molecule has 6 nitrogen and oxygen atoms in total. The van der Waals surface area contributed by atoms with E-state index in [-0.39, 0.29) is 6.42 Å². The minimum absolute atomic E-state index is 0.0231. The summed E-state index contributed by atoms with van der Waals surface area (Å²) in [6.45, 7) is 2.68. The number of carboxylic acid groups (broad SMARTS) is 1.